The second kappa shape index (κ2) is 8.60. The van der Waals surface area contributed by atoms with Crippen LogP contribution in [0.2, 0.25) is 0 Å². The highest BCUT2D eigenvalue weighted by atomic mass is 16.7. The Bertz CT molecular complexity index is 502. The molecular formula is C14H20O10. The second-order valence-electron chi connectivity index (χ2n) is 5.09. The third kappa shape index (κ3) is 5.78. The summed E-state index contributed by atoms with van der Waals surface area (Å²) in [6.45, 7) is 4.09. The van der Waals surface area contributed by atoms with Gasteiger partial charge in [0.25, 0.3) is 0 Å². The van der Waals surface area contributed by atoms with Gasteiger partial charge in [-0.1, -0.05) is 0 Å². The van der Waals surface area contributed by atoms with Crippen molar-refractivity contribution in [2.75, 3.05) is 6.61 Å². The minimum atomic E-state index is -1.68. The molecule has 5 atom stereocenters. The van der Waals surface area contributed by atoms with Crippen molar-refractivity contribution >= 4 is 23.9 Å². The van der Waals surface area contributed by atoms with Crippen LogP contribution in [0.25, 0.3) is 0 Å². The van der Waals surface area contributed by atoms with Crippen LogP contribution in [-0.2, 0) is 42.9 Å². The molecule has 0 saturated carbocycles. The van der Waals surface area contributed by atoms with Crippen LogP contribution in [0, 0.1) is 0 Å². The Morgan fingerprint density at radius 3 is 1.71 bits per heavy atom. The molecule has 0 aromatic rings. The molecule has 1 aliphatic rings. The molecule has 1 saturated heterocycles. The van der Waals surface area contributed by atoms with Crippen molar-refractivity contribution in [3.63, 3.8) is 0 Å². The van der Waals surface area contributed by atoms with Crippen LogP contribution in [0.5, 0.6) is 0 Å². The van der Waals surface area contributed by atoms with Gasteiger partial charge in [-0.3, -0.25) is 19.2 Å². The number of aliphatic hydroxyl groups is 1. The molecule has 1 unspecified atom stereocenters. The zero-order chi connectivity index (χ0) is 18.4. The van der Waals surface area contributed by atoms with Crippen molar-refractivity contribution in [1.82, 2.24) is 0 Å². The van der Waals surface area contributed by atoms with Crippen LogP contribution >= 0.6 is 0 Å². The van der Waals surface area contributed by atoms with Crippen LogP contribution in [0.3, 0.4) is 0 Å². The average Bonchev–Trinajstić information content (AvgIpc) is 2.42. The normalized spacial score (nSPS) is 29.3. The topological polar surface area (TPSA) is 135 Å². The summed E-state index contributed by atoms with van der Waals surface area (Å²) in [6, 6.07) is 0. The number of carbonyl (C=O) groups is 4. The Kier molecular flexibility index (Phi) is 7.11. The van der Waals surface area contributed by atoms with Gasteiger partial charge in [0.15, 0.2) is 24.6 Å². The van der Waals surface area contributed by atoms with E-state index >= 15 is 0 Å². The first-order valence-electron chi connectivity index (χ1n) is 7.10. The lowest BCUT2D eigenvalue weighted by Gasteiger charge is -2.42. The summed E-state index contributed by atoms with van der Waals surface area (Å²) < 4.78 is 25.0. The Morgan fingerprint density at radius 2 is 1.25 bits per heavy atom. The molecule has 1 fully saturated rings. The van der Waals surface area contributed by atoms with E-state index in [2.05, 4.69) is 0 Å². The van der Waals surface area contributed by atoms with Gasteiger partial charge in [0.1, 0.15) is 12.7 Å². The van der Waals surface area contributed by atoms with E-state index in [1.807, 2.05) is 0 Å². The first-order chi connectivity index (χ1) is 11.1. The second-order valence-corrected chi connectivity index (χ2v) is 5.09. The molecule has 1 aliphatic heterocycles. The summed E-state index contributed by atoms with van der Waals surface area (Å²) in [4.78, 5) is 44.9. The van der Waals surface area contributed by atoms with Crippen molar-refractivity contribution in [3.05, 3.63) is 0 Å². The van der Waals surface area contributed by atoms with E-state index < -0.39 is 54.6 Å². The Labute approximate surface area is 137 Å². The largest absolute Gasteiger partial charge is 0.463 e. The van der Waals surface area contributed by atoms with Crippen molar-refractivity contribution in [1.29, 1.82) is 0 Å². The smallest absolute Gasteiger partial charge is 0.303 e. The molecule has 0 radical (unpaired) electrons. The lowest BCUT2D eigenvalue weighted by molar-refractivity contribution is -0.296. The number of hydrogen-bond donors (Lipinski definition) is 1. The molecule has 136 valence electrons. The van der Waals surface area contributed by atoms with Crippen molar-refractivity contribution in [3.8, 4) is 0 Å². The van der Waals surface area contributed by atoms with Crippen molar-refractivity contribution < 1.29 is 48.0 Å². The van der Waals surface area contributed by atoms with E-state index in [0.717, 1.165) is 27.7 Å². The average molecular weight is 348 g/mol. The molecule has 10 nitrogen and oxygen atoms in total. The van der Waals surface area contributed by atoms with Crippen LogP contribution in [0.4, 0.5) is 0 Å². The fourth-order valence-corrected chi connectivity index (χ4v) is 2.21. The summed E-state index contributed by atoms with van der Waals surface area (Å²) in [6.07, 6.45) is -6.79. The number of hydrogen-bond acceptors (Lipinski definition) is 10. The van der Waals surface area contributed by atoms with Gasteiger partial charge in [-0.05, 0) is 0 Å². The highest BCUT2D eigenvalue weighted by Gasteiger charge is 2.51. The lowest BCUT2D eigenvalue weighted by Crippen LogP contribution is -2.62. The summed E-state index contributed by atoms with van der Waals surface area (Å²) in [5.74, 6) is -2.87. The fraction of sp³-hybridized carbons (Fsp3) is 0.714. The predicted molar refractivity (Wildman–Crippen MR) is 74.2 cm³/mol. The van der Waals surface area contributed by atoms with Crippen molar-refractivity contribution in [2.45, 2.75) is 58.4 Å². The molecule has 0 spiro atoms. The monoisotopic (exact) mass is 348 g/mol. The van der Waals surface area contributed by atoms with E-state index in [1.54, 1.807) is 0 Å². The van der Waals surface area contributed by atoms with Gasteiger partial charge in [-0.25, -0.2) is 0 Å². The maximum atomic E-state index is 11.3. The molecule has 10 heteroatoms. The highest BCUT2D eigenvalue weighted by molar-refractivity contribution is 5.68. The van der Waals surface area contributed by atoms with Gasteiger partial charge in [0.2, 0.25) is 0 Å². The summed E-state index contributed by atoms with van der Waals surface area (Å²) in [5, 5.41) is 10.0. The summed E-state index contributed by atoms with van der Waals surface area (Å²) >= 11 is 0. The van der Waals surface area contributed by atoms with Crippen LogP contribution in [-0.4, -0.2) is 66.3 Å². The number of carbonyl (C=O) groups excluding carboxylic acids is 4. The third-order valence-electron chi connectivity index (χ3n) is 2.97. The van der Waals surface area contributed by atoms with Gasteiger partial charge < -0.3 is 28.8 Å². The summed E-state index contributed by atoms with van der Waals surface area (Å²) in [5.41, 5.74) is 0. The van der Waals surface area contributed by atoms with E-state index in [4.69, 9.17) is 23.7 Å². The first-order valence-corrected chi connectivity index (χ1v) is 7.10. The van der Waals surface area contributed by atoms with E-state index in [0.29, 0.717) is 0 Å². The quantitative estimate of drug-likeness (QED) is 0.490. The van der Waals surface area contributed by atoms with Gasteiger partial charge in [0.05, 0.1) is 0 Å². The van der Waals surface area contributed by atoms with E-state index in [1.165, 1.54) is 0 Å². The Hall–Kier alpha value is -2.20. The predicted octanol–water partition coefficient (Wildman–Crippen LogP) is -0.938. The van der Waals surface area contributed by atoms with E-state index in [-0.39, 0.29) is 6.61 Å². The summed E-state index contributed by atoms with van der Waals surface area (Å²) in [7, 11) is 0. The van der Waals surface area contributed by atoms with Gasteiger partial charge in [-0.2, -0.15) is 0 Å². The first kappa shape index (κ1) is 19.8. The molecule has 1 heterocycles. The minimum absolute atomic E-state index is 0.366. The zero-order valence-electron chi connectivity index (χ0n) is 13.7. The van der Waals surface area contributed by atoms with Crippen LogP contribution in [0.15, 0.2) is 0 Å². The molecule has 0 amide bonds. The van der Waals surface area contributed by atoms with Crippen molar-refractivity contribution in [2.24, 2.45) is 0 Å². The highest BCUT2D eigenvalue weighted by Crippen LogP contribution is 2.28. The Morgan fingerprint density at radius 1 is 0.792 bits per heavy atom. The maximum Gasteiger partial charge on any atom is 0.303 e. The standard InChI is InChI=1S/C14H20O10/c1-6(15)20-5-10-11(21-7(2)16)12(22-8(3)17)13(14(19)24-10)23-9(4)18/h10-14,19H,5H2,1-4H3/t10-,11+,12+,13+,14?/m1/s1. The molecule has 24 heavy (non-hydrogen) atoms. The number of rotatable bonds is 5. The number of aliphatic hydroxyl groups excluding tert-OH is 1. The van der Waals surface area contributed by atoms with Gasteiger partial charge in [0, 0.05) is 27.7 Å². The number of esters is 4. The molecule has 0 aliphatic carbocycles. The number of ether oxygens (including phenoxy) is 5. The maximum absolute atomic E-state index is 11.3. The lowest BCUT2D eigenvalue weighted by atomic mass is 9.98. The SMILES string of the molecule is CC(=O)OC[C@H]1OC(O)[C@@H](OC(C)=O)[C@@H](OC(C)=O)[C@H]1OC(C)=O. The van der Waals surface area contributed by atoms with Gasteiger partial charge in [-0.15, -0.1) is 0 Å². The third-order valence-corrected chi connectivity index (χ3v) is 2.97. The Balaban J connectivity index is 3.11. The molecule has 0 aromatic carbocycles. The van der Waals surface area contributed by atoms with E-state index in [9.17, 15) is 24.3 Å². The van der Waals surface area contributed by atoms with Crippen LogP contribution < -0.4 is 0 Å². The van der Waals surface area contributed by atoms with Gasteiger partial charge >= 0.3 is 23.9 Å². The molecular weight excluding hydrogens is 328 g/mol. The molecule has 0 aromatic heterocycles. The minimum Gasteiger partial charge on any atom is -0.463 e. The fourth-order valence-electron chi connectivity index (χ4n) is 2.21. The molecule has 1 N–H and O–H groups in total. The molecule has 0 bridgehead atoms. The molecule has 1 rings (SSSR count). The zero-order valence-corrected chi connectivity index (χ0v) is 13.7. The van der Waals surface area contributed by atoms with Crippen LogP contribution in [0.1, 0.15) is 27.7 Å².